The average Bonchev–Trinajstić information content (AvgIpc) is 3.36. The molecule has 0 aromatic heterocycles. The zero-order valence-electron chi connectivity index (χ0n) is 28.2. The third kappa shape index (κ3) is 8.08. The summed E-state index contributed by atoms with van der Waals surface area (Å²) in [6, 6.07) is 20.2. The lowest BCUT2D eigenvalue weighted by atomic mass is 9.60. The number of aliphatic hydroxyl groups is 3. The monoisotopic (exact) mass is 611 g/mol. The first-order chi connectivity index (χ1) is 21.5. The van der Waals surface area contributed by atoms with Crippen molar-refractivity contribution in [1.29, 1.82) is 0 Å². The SMILES string of the molecule is C=C1/C(=C/C=C2\CCC[C@]3(C)[C@@H]([C@H](C)CCCC(C)(C)O)CC[C@@H]23)C[C@@H](O)[C@H](N(Cc2ccccc2)Cc2ccccc2)[C@@H]1O. The molecule has 0 saturated heterocycles. The van der Waals surface area contributed by atoms with Crippen molar-refractivity contribution in [2.45, 2.75) is 122 Å². The topological polar surface area (TPSA) is 63.9 Å². The Labute approximate surface area is 272 Å². The van der Waals surface area contributed by atoms with E-state index in [0.717, 1.165) is 47.5 Å². The molecule has 45 heavy (non-hydrogen) atoms. The van der Waals surface area contributed by atoms with Crippen LogP contribution in [-0.2, 0) is 13.1 Å². The first kappa shape index (κ1) is 33.9. The lowest BCUT2D eigenvalue weighted by Gasteiger charge is -2.44. The number of hydrogen-bond donors (Lipinski definition) is 3. The molecule has 0 radical (unpaired) electrons. The Balaban J connectivity index is 1.30. The first-order valence-electron chi connectivity index (χ1n) is 17.5. The molecule has 3 fully saturated rings. The average molecular weight is 612 g/mol. The fourth-order valence-corrected chi connectivity index (χ4v) is 9.08. The molecule has 0 aliphatic heterocycles. The normalized spacial score (nSPS) is 31.5. The molecule has 2 aromatic rings. The van der Waals surface area contributed by atoms with Crippen LogP contribution in [0, 0.1) is 23.2 Å². The standard InChI is InChI=1S/C41H57NO3/c1-29(14-12-24-40(3,4)45)35-22-23-36-33(19-13-25-41(35,36)5)20-21-34-26-37(43)38(39(44)30(34)2)42(27-31-15-8-6-9-16-31)28-32-17-10-7-11-18-32/h6-11,15-18,20-21,29,35-39,43-45H,2,12-14,19,22-28H2,1,3-5H3/b33-20+,34-21+/t29-,35-,36+,37-,38+,39-,41-/m1/s1. The molecule has 0 unspecified atom stereocenters. The van der Waals surface area contributed by atoms with Crippen molar-refractivity contribution in [3.63, 3.8) is 0 Å². The van der Waals surface area contributed by atoms with Gasteiger partial charge >= 0.3 is 0 Å². The highest BCUT2D eigenvalue weighted by Gasteiger charge is 2.50. The van der Waals surface area contributed by atoms with E-state index in [4.69, 9.17) is 0 Å². The molecule has 3 aliphatic rings. The van der Waals surface area contributed by atoms with E-state index in [2.05, 4.69) is 61.7 Å². The minimum Gasteiger partial charge on any atom is -0.391 e. The summed E-state index contributed by atoms with van der Waals surface area (Å²) in [6.07, 6.45) is 12.7. The van der Waals surface area contributed by atoms with Gasteiger partial charge < -0.3 is 15.3 Å². The fraction of sp³-hybridized carbons (Fsp3) is 0.561. The number of rotatable bonds is 11. The van der Waals surface area contributed by atoms with Crippen LogP contribution >= 0.6 is 0 Å². The smallest absolute Gasteiger partial charge is 0.0967 e. The Bertz CT molecular complexity index is 1280. The van der Waals surface area contributed by atoms with Gasteiger partial charge in [0, 0.05) is 19.5 Å². The summed E-state index contributed by atoms with van der Waals surface area (Å²) in [7, 11) is 0. The number of allylic oxidation sites excluding steroid dienone is 3. The molecule has 3 N–H and O–H groups in total. The zero-order valence-corrected chi connectivity index (χ0v) is 28.2. The largest absolute Gasteiger partial charge is 0.391 e. The van der Waals surface area contributed by atoms with Crippen molar-refractivity contribution in [3.05, 3.63) is 107 Å². The van der Waals surface area contributed by atoms with Crippen LogP contribution in [0.4, 0.5) is 0 Å². The summed E-state index contributed by atoms with van der Waals surface area (Å²) in [6.45, 7) is 14.5. The molecule has 4 nitrogen and oxygen atoms in total. The van der Waals surface area contributed by atoms with Gasteiger partial charge in [0.1, 0.15) is 0 Å². The van der Waals surface area contributed by atoms with Gasteiger partial charge in [0.05, 0.1) is 23.9 Å². The zero-order chi connectivity index (χ0) is 32.2. The summed E-state index contributed by atoms with van der Waals surface area (Å²) < 4.78 is 0. The van der Waals surface area contributed by atoms with Crippen LogP contribution in [0.2, 0.25) is 0 Å². The molecule has 0 heterocycles. The molecule has 3 saturated carbocycles. The number of hydrogen-bond acceptors (Lipinski definition) is 4. The summed E-state index contributed by atoms with van der Waals surface area (Å²) in [5, 5.41) is 33.4. The molecule has 2 aromatic carbocycles. The molecule has 0 bridgehead atoms. The van der Waals surface area contributed by atoms with E-state index in [9.17, 15) is 15.3 Å². The molecule has 7 atom stereocenters. The van der Waals surface area contributed by atoms with Gasteiger partial charge in [-0.25, -0.2) is 0 Å². The van der Waals surface area contributed by atoms with Gasteiger partial charge in [-0.05, 0) is 97.8 Å². The van der Waals surface area contributed by atoms with E-state index >= 15 is 0 Å². The third-order valence-electron chi connectivity index (χ3n) is 11.5. The maximum Gasteiger partial charge on any atom is 0.0967 e. The van der Waals surface area contributed by atoms with Gasteiger partial charge in [-0.15, -0.1) is 0 Å². The summed E-state index contributed by atoms with van der Waals surface area (Å²) in [5.74, 6) is 1.97. The predicted molar refractivity (Wildman–Crippen MR) is 185 cm³/mol. The van der Waals surface area contributed by atoms with E-state index in [-0.39, 0.29) is 0 Å². The lowest BCUT2D eigenvalue weighted by molar-refractivity contribution is -0.0309. The second-order valence-electron chi connectivity index (χ2n) is 15.3. The number of nitrogens with zero attached hydrogens (tertiary/aromatic N) is 1. The van der Waals surface area contributed by atoms with Crippen molar-refractivity contribution in [2.75, 3.05) is 0 Å². The summed E-state index contributed by atoms with van der Waals surface area (Å²) in [5.41, 5.74) is 5.30. The van der Waals surface area contributed by atoms with Crippen molar-refractivity contribution in [1.82, 2.24) is 4.90 Å². The van der Waals surface area contributed by atoms with Crippen molar-refractivity contribution in [2.24, 2.45) is 23.2 Å². The predicted octanol–water partition coefficient (Wildman–Crippen LogP) is 8.39. The van der Waals surface area contributed by atoms with E-state index in [1.54, 1.807) is 0 Å². The molecule has 3 aliphatic carbocycles. The van der Waals surface area contributed by atoms with Crippen molar-refractivity contribution in [3.8, 4) is 0 Å². The highest BCUT2D eigenvalue weighted by molar-refractivity contribution is 5.41. The maximum absolute atomic E-state index is 11.7. The molecule has 0 amide bonds. The Hall–Kier alpha value is -2.50. The van der Waals surface area contributed by atoms with Gasteiger partial charge in [0.2, 0.25) is 0 Å². The molecular formula is C41H57NO3. The van der Waals surface area contributed by atoms with Crippen LogP contribution in [0.3, 0.4) is 0 Å². The fourth-order valence-electron chi connectivity index (χ4n) is 9.08. The molecule has 5 rings (SSSR count). The van der Waals surface area contributed by atoms with E-state index in [1.807, 2.05) is 50.2 Å². The summed E-state index contributed by atoms with van der Waals surface area (Å²) in [4.78, 5) is 2.22. The van der Waals surface area contributed by atoms with Crippen LogP contribution in [0.25, 0.3) is 0 Å². The Morgan fingerprint density at radius 1 is 0.978 bits per heavy atom. The Morgan fingerprint density at radius 2 is 1.60 bits per heavy atom. The highest BCUT2D eigenvalue weighted by Crippen LogP contribution is 2.60. The van der Waals surface area contributed by atoms with E-state index in [1.165, 1.54) is 37.7 Å². The molecule has 0 spiro atoms. The Morgan fingerprint density at radius 3 is 2.20 bits per heavy atom. The minimum atomic E-state index is -0.844. The van der Waals surface area contributed by atoms with Gasteiger partial charge in [0.15, 0.2) is 0 Å². The van der Waals surface area contributed by atoms with E-state index in [0.29, 0.717) is 36.8 Å². The summed E-state index contributed by atoms with van der Waals surface area (Å²) >= 11 is 0. The highest BCUT2D eigenvalue weighted by atomic mass is 16.3. The third-order valence-corrected chi connectivity index (χ3v) is 11.5. The number of benzene rings is 2. The minimum absolute atomic E-state index is 0.319. The van der Waals surface area contributed by atoms with Crippen molar-refractivity contribution >= 4 is 0 Å². The van der Waals surface area contributed by atoms with E-state index < -0.39 is 23.9 Å². The maximum atomic E-state index is 11.7. The molecular weight excluding hydrogens is 554 g/mol. The van der Waals surface area contributed by atoms with Crippen LogP contribution in [-0.4, -0.2) is 44.1 Å². The van der Waals surface area contributed by atoms with Crippen LogP contribution in [0.1, 0.15) is 96.6 Å². The van der Waals surface area contributed by atoms with Crippen LogP contribution in [0.5, 0.6) is 0 Å². The molecule has 4 heteroatoms. The Kier molecular flexibility index (Phi) is 10.9. The van der Waals surface area contributed by atoms with Crippen LogP contribution in [0.15, 0.2) is 96.1 Å². The lowest BCUT2D eigenvalue weighted by Crippen LogP contribution is -2.53. The van der Waals surface area contributed by atoms with Gasteiger partial charge in [-0.2, -0.15) is 0 Å². The number of fused-ring (bicyclic) bond motifs is 1. The number of aliphatic hydroxyl groups excluding tert-OH is 2. The second-order valence-corrected chi connectivity index (χ2v) is 15.3. The second kappa shape index (κ2) is 14.5. The quantitative estimate of drug-likeness (QED) is 0.239. The van der Waals surface area contributed by atoms with Crippen molar-refractivity contribution < 1.29 is 15.3 Å². The van der Waals surface area contributed by atoms with Gasteiger partial charge in [-0.3, -0.25) is 4.90 Å². The molecule has 244 valence electrons. The van der Waals surface area contributed by atoms with Gasteiger partial charge in [-0.1, -0.05) is 112 Å². The first-order valence-corrected chi connectivity index (χ1v) is 17.5. The van der Waals surface area contributed by atoms with Gasteiger partial charge in [0.25, 0.3) is 0 Å². The van der Waals surface area contributed by atoms with Crippen LogP contribution < -0.4 is 0 Å².